The first-order chi connectivity index (χ1) is 9.93. The summed E-state index contributed by atoms with van der Waals surface area (Å²) in [5, 5.41) is 13.0. The van der Waals surface area contributed by atoms with Crippen LogP contribution < -0.4 is 0 Å². The lowest BCUT2D eigenvalue weighted by Crippen LogP contribution is -2.05. The number of aromatic nitrogens is 2. The van der Waals surface area contributed by atoms with Gasteiger partial charge in [0.1, 0.15) is 10.8 Å². The smallest absolute Gasteiger partial charge is 0.335 e. The average molecular weight is 307 g/mol. The Kier molecular flexibility index (Phi) is 4.18. The molecule has 0 saturated carbocycles. The van der Waals surface area contributed by atoms with Crippen LogP contribution in [-0.2, 0) is 6.54 Å². The summed E-state index contributed by atoms with van der Waals surface area (Å²) in [5.74, 6) is -1.40. The maximum Gasteiger partial charge on any atom is 0.335 e. The molecule has 0 aliphatic heterocycles. The lowest BCUT2D eigenvalue weighted by atomic mass is 10.1. The topological polar surface area (TPSA) is 89.3 Å². The number of carboxylic acids is 1. The first-order valence-corrected chi connectivity index (χ1v) is 6.36. The number of benzene rings is 1. The molecule has 0 radical (unpaired) electrons. The highest BCUT2D eigenvalue weighted by Gasteiger charge is 2.19. The minimum absolute atomic E-state index is 0.00406. The van der Waals surface area contributed by atoms with Crippen LogP contribution in [0.5, 0.6) is 0 Å². The van der Waals surface area contributed by atoms with Crippen LogP contribution in [0, 0.1) is 0 Å². The third-order valence-electron chi connectivity index (χ3n) is 2.88. The Labute approximate surface area is 125 Å². The van der Waals surface area contributed by atoms with E-state index in [1.165, 1.54) is 23.7 Å². The summed E-state index contributed by atoms with van der Waals surface area (Å²) < 4.78 is 1.29. The third kappa shape index (κ3) is 3.00. The number of aldehydes is 1. The predicted octanol–water partition coefficient (Wildman–Crippen LogP) is 2.30. The number of hydrogen-bond acceptors (Lipinski definition) is 4. The number of ketones is 1. The van der Waals surface area contributed by atoms with Gasteiger partial charge in [-0.15, -0.1) is 0 Å². The predicted molar refractivity (Wildman–Crippen MR) is 75.1 cm³/mol. The van der Waals surface area contributed by atoms with Crippen molar-refractivity contribution in [2.24, 2.45) is 0 Å². The molecule has 1 aromatic carbocycles. The number of Topliss-reactive ketones (excluding diaryl/α,β-unsaturated/α-hetero) is 1. The van der Waals surface area contributed by atoms with Gasteiger partial charge < -0.3 is 5.11 Å². The van der Waals surface area contributed by atoms with Crippen LogP contribution in [0.3, 0.4) is 0 Å². The molecule has 0 amide bonds. The Morgan fingerprint density at radius 1 is 1.43 bits per heavy atom. The lowest BCUT2D eigenvalue weighted by Gasteiger charge is -2.04. The van der Waals surface area contributed by atoms with Gasteiger partial charge >= 0.3 is 5.97 Å². The molecule has 21 heavy (non-hydrogen) atoms. The normalized spacial score (nSPS) is 10.4. The van der Waals surface area contributed by atoms with Crippen molar-refractivity contribution in [3.05, 3.63) is 51.8 Å². The SMILES string of the molecule is CC(=O)c1nn(Cc2cccc(C(=O)O)c2)c(Cl)c1C=O. The van der Waals surface area contributed by atoms with Gasteiger partial charge in [0.05, 0.1) is 17.7 Å². The van der Waals surface area contributed by atoms with Gasteiger partial charge in [-0.25, -0.2) is 9.48 Å². The zero-order valence-electron chi connectivity index (χ0n) is 11.0. The molecule has 0 saturated heterocycles. The van der Waals surface area contributed by atoms with Gasteiger partial charge in [-0.3, -0.25) is 9.59 Å². The zero-order valence-corrected chi connectivity index (χ0v) is 11.8. The van der Waals surface area contributed by atoms with E-state index in [9.17, 15) is 14.4 Å². The van der Waals surface area contributed by atoms with E-state index in [-0.39, 0.29) is 34.3 Å². The van der Waals surface area contributed by atoms with Crippen LogP contribution >= 0.6 is 11.6 Å². The number of hydrogen-bond donors (Lipinski definition) is 1. The molecule has 6 nitrogen and oxygen atoms in total. The van der Waals surface area contributed by atoms with Gasteiger partial charge in [0.2, 0.25) is 0 Å². The molecule has 1 aromatic heterocycles. The second-order valence-electron chi connectivity index (χ2n) is 4.39. The minimum atomic E-state index is -1.04. The molecule has 0 bridgehead atoms. The molecule has 2 rings (SSSR count). The van der Waals surface area contributed by atoms with Crippen molar-refractivity contribution in [1.82, 2.24) is 9.78 Å². The van der Waals surface area contributed by atoms with E-state index >= 15 is 0 Å². The van der Waals surface area contributed by atoms with Crippen molar-refractivity contribution in [2.75, 3.05) is 0 Å². The van der Waals surface area contributed by atoms with Crippen LogP contribution in [0.4, 0.5) is 0 Å². The Balaban J connectivity index is 2.40. The molecule has 2 aromatic rings. The number of aromatic carboxylic acids is 1. The molecule has 0 aliphatic carbocycles. The van der Waals surface area contributed by atoms with Crippen molar-refractivity contribution in [3.63, 3.8) is 0 Å². The number of halogens is 1. The average Bonchev–Trinajstić information content (AvgIpc) is 2.76. The number of nitrogens with zero attached hydrogens (tertiary/aromatic N) is 2. The fourth-order valence-electron chi connectivity index (χ4n) is 1.90. The van der Waals surface area contributed by atoms with E-state index in [1.54, 1.807) is 12.1 Å². The summed E-state index contributed by atoms with van der Waals surface area (Å²) in [5.41, 5.74) is 0.827. The molecule has 0 atom stereocenters. The quantitative estimate of drug-likeness (QED) is 0.676. The largest absolute Gasteiger partial charge is 0.478 e. The maximum atomic E-state index is 11.4. The van der Waals surface area contributed by atoms with Gasteiger partial charge in [-0.05, 0) is 17.7 Å². The molecule has 0 unspecified atom stereocenters. The van der Waals surface area contributed by atoms with Crippen molar-refractivity contribution in [1.29, 1.82) is 0 Å². The highest BCUT2D eigenvalue weighted by Crippen LogP contribution is 2.20. The summed E-state index contributed by atoms with van der Waals surface area (Å²) in [6.07, 6.45) is 0.482. The molecule has 0 fully saturated rings. The van der Waals surface area contributed by atoms with Gasteiger partial charge in [0.15, 0.2) is 12.1 Å². The van der Waals surface area contributed by atoms with Crippen molar-refractivity contribution in [2.45, 2.75) is 13.5 Å². The monoisotopic (exact) mass is 306 g/mol. The van der Waals surface area contributed by atoms with Crippen LogP contribution in [-0.4, -0.2) is 32.9 Å². The Hall–Kier alpha value is -2.47. The molecule has 0 aliphatic rings. The molecular weight excluding hydrogens is 296 g/mol. The Bertz CT molecular complexity index is 737. The number of carbonyl (C=O) groups is 3. The van der Waals surface area contributed by atoms with Gasteiger partial charge in [-0.1, -0.05) is 23.7 Å². The summed E-state index contributed by atoms with van der Waals surface area (Å²) in [6, 6.07) is 6.25. The van der Waals surface area contributed by atoms with E-state index in [1.807, 2.05) is 0 Å². The Morgan fingerprint density at radius 3 is 2.67 bits per heavy atom. The summed E-state index contributed by atoms with van der Waals surface area (Å²) in [7, 11) is 0. The van der Waals surface area contributed by atoms with Crippen LogP contribution in [0.15, 0.2) is 24.3 Å². The van der Waals surface area contributed by atoms with E-state index < -0.39 is 5.97 Å². The molecule has 0 spiro atoms. The van der Waals surface area contributed by atoms with Gasteiger partial charge in [0.25, 0.3) is 0 Å². The number of carbonyl (C=O) groups excluding carboxylic acids is 2. The van der Waals surface area contributed by atoms with Crippen LogP contribution in [0.1, 0.15) is 43.7 Å². The van der Waals surface area contributed by atoms with Crippen LogP contribution in [0.25, 0.3) is 0 Å². The minimum Gasteiger partial charge on any atom is -0.478 e. The van der Waals surface area contributed by atoms with E-state index in [2.05, 4.69) is 5.10 Å². The molecule has 108 valence electrons. The molecule has 1 heterocycles. The molecule has 7 heteroatoms. The van der Waals surface area contributed by atoms with Crippen molar-refractivity contribution < 1.29 is 19.5 Å². The highest BCUT2D eigenvalue weighted by molar-refractivity contribution is 6.32. The zero-order chi connectivity index (χ0) is 15.6. The summed E-state index contributed by atoms with van der Waals surface area (Å²) in [6.45, 7) is 1.45. The second kappa shape index (κ2) is 5.88. The first-order valence-electron chi connectivity index (χ1n) is 5.98. The third-order valence-corrected chi connectivity index (χ3v) is 3.28. The van der Waals surface area contributed by atoms with Crippen LogP contribution in [0.2, 0.25) is 5.15 Å². The van der Waals surface area contributed by atoms with Crippen molar-refractivity contribution >= 4 is 29.6 Å². The Morgan fingerprint density at radius 2 is 2.14 bits per heavy atom. The van der Waals surface area contributed by atoms with Crippen molar-refractivity contribution in [3.8, 4) is 0 Å². The number of carboxylic acid groups (broad SMARTS) is 1. The summed E-state index contributed by atoms with van der Waals surface area (Å²) >= 11 is 6.03. The lowest BCUT2D eigenvalue weighted by molar-refractivity contribution is 0.0696. The first kappa shape index (κ1) is 14.9. The van der Waals surface area contributed by atoms with E-state index in [0.29, 0.717) is 11.8 Å². The molecule has 1 N–H and O–H groups in total. The summed E-state index contributed by atoms with van der Waals surface area (Å²) in [4.78, 5) is 33.3. The second-order valence-corrected chi connectivity index (χ2v) is 4.75. The standard InChI is InChI=1S/C14H11ClN2O4/c1-8(19)12-11(7-18)13(15)17(16-12)6-9-3-2-4-10(5-9)14(20)21/h2-5,7H,6H2,1H3,(H,20,21). The fourth-order valence-corrected chi connectivity index (χ4v) is 2.13. The molecular formula is C14H11ClN2O4. The van der Waals surface area contributed by atoms with Gasteiger partial charge in [0, 0.05) is 6.92 Å². The maximum absolute atomic E-state index is 11.4. The number of rotatable bonds is 5. The van der Waals surface area contributed by atoms with E-state index in [0.717, 1.165) is 0 Å². The van der Waals surface area contributed by atoms with E-state index in [4.69, 9.17) is 16.7 Å². The highest BCUT2D eigenvalue weighted by atomic mass is 35.5. The fraction of sp³-hybridized carbons (Fsp3) is 0.143. The van der Waals surface area contributed by atoms with Gasteiger partial charge in [-0.2, -0.15) is 5.10 Å².